The first-order chi connectivity index (χ1) is 10.9. The van der Waals surface area contributed by atoms with E-state index in [1.165, 1.54) is 19.2 Å². The minimum atomic E-state index is -0.576. The van der Waals surface area contributed by atoms with Crippen LogP contribution in [0.1, 0.15) is 36.0 Å². The van der Waals surface area contributed by atoms with Gasteiger partial charge in [-0.15, -0.1) is 0 Å². The summed E-state index contributed by atoms with van der Waals surface area (Å²) in [6.45, 7) is 0. The molecule has 1 amide bonds. The van der Waals surface area contributed by atoms with Crippen LogP contribution in [0, 0.1) is 16.0 Å². The van der Waals surface area contributed by atoms with Gasteiger partial charge in [-0.3, -0.25) is 19.7 Å². The van der Waals surface area contributed by atoms with E-state index >= 15 is 0 Å². The summed E-state index contributed by atoms with van der Waals surface area (Å²) in [5.74, 6) is -0.840. The van der Waals surface area contributed by atoms with Crippen molar-refractivity contribution >= 4 is 33.5 Å². The van der Waals surface area contributed by atoms with Crippen LogP contribution in [0.3, 0.4) is 0 Å². The highest BCUT2D eigenvalue weighted by atomic mass is 79.9. The van der Waals surface area contributed by atoms with E-state index in [-0.39, 0.29) is 29.2 Å². The number of methoxy groups -OCH3 is 1. The summed E-state index contributed by atoms with van der Waals surface area (Å²) in [5, 5.41) is 13.9. The number of hydrogen-bond donors (Lipinski definition) is 1. The molecule has 124 valence electrons. The summed E-state index contributed by atoms with van der Waals surface area (Å²) < 4.78 is 5.11. The average Bonchev–Trinajstić information content (AvgIpc) is 2.54. The Morgan fingerprint density at radius 1 is 1.30 bits per heavy atom. The average molecular weight is 385 g/mol. The molecule has 7 nitrogen and oxygen atoms in total. The number of hydrogen-bond acceptors (Lipinski definition) is 5. The van der Waals surface area contributed by atoms with Crippen molar-refractivity contribution in [2.75, 3.05) is 7.11 Å². The molecule has 1 aromatic rings. The number of rotatable bonds is 4. The number of ether oxygens (including phenoxy) is 1. The largest absolute Gasteiger partial charge is 0.469 e. The molecule has 0 spiro atoms. The number of carbonyl (C=O) groups excluding carboxylic acids is 2. The number of nitrogens with zero attached hydrogens (tertiary/aromatic N) is 1. The van der Waals surface area contributed by atoms with Crippen LogP contribution >= 0.6 is 15.9 Å². The molecule has 0 radical (unpaired) electrons. The Morgan fingerprint density at radius 2 is 1.96 bits per heavy atom. The van der Waals surface area contributed by atoms with E-state index < -0.39 is 10.8 Å². The Morgan fingerprint density at radius 3 is 2.52 bits per heavy atom. The second-order valence-corrected chi connectivity index (χ2v) is 6.29. The Labute approximate surface area is 141 Å². The lowest BCUT2D eigenvalue weighted by Crippen LogP contribution is -2.39. The molecule has 0 unspecified atom stereocenters. The third kappa shape index (κ3) is 4.07. The van der Waals surface area contributed by atoms with Crippen LogP contribution < -0.4 is 5.32 Å². The predicted molar refractivity (Wildman–Crippen MR) is 86.0 cm³/mol. The lowest BCUT2D eigenvalue weighted by atomic mass is 9.86. The van der Waals surface area contributed by atoms with E-state index in [1.54, 1.807) is 6.07 Å². The van der Waals surface area contributed by atoms with E-state index in [0.29, 0.717) is 30.2 Å². The van der Waals surface area contributed by atoms with E-state index in [9.17, 15) is 19.7 Å². The second-order valence-electron chi connectivity index (χ2n) is 5.44. The van der Waals surface area contributed by atoms with Crippen molar-refractivity contribution < 1.29 is 19.2 Å². The van der Waals surface area contributed by atoms with Crippen molar-refractivity contribution in [3.63, 3.8) is 0 Å². The third-order valence-corrected chi connectivity index (χ3v) is 4.67. The number of nitrogens with one attached hydrogen (secondary N) is 1. The molecule has 0 aromatic heterocycles. The smallest absolute Gasteiger partial charge is 0.308 e. The van der Waals surface area contributed by atoms with Gasteiger partial charge in [-0.25, -0.2) is 0 Å². The van der Waals surface area contributed by atoms with Crippen molar-refractivity contribution in [2.24, 2.45) is 5.92 Å². The standard InChI is InChI=1S/C15H17BrN2O5/c1-23-15(20)9-5-7-10(8-6-9)17-14(19)13-11(16)3-2-4-12(13)18(21)22/h2-4,9-10H,5-8H2,1H3,(H,17,19). The first-order valence-corrected chi connectivity index (χ1v) is 8.05. The number of halogens is 1. The molecule has 0 saturated heterocycles. The van der Waals surface area contributed by atoms with E-state index in [0.717, 1.165) is 0 Å². The normalized spacial score (nSPS) is 20.6. The molecule has 2 rings (SSSR count). The fourth-order valence-electron chi connectivity index (χ4n) is 2.79. The fourth-order valence-corrected chi connectivity index (χ4v) is 3.32. The van der Waals surface area contributed by atoms with Gasteiger partial charge < -0.3 is 10.1 Å². The van der Waals surface area contributed by atoms with E-state index in [4.69, 9.17) is 4.74 Å². The van der Waals surface area contributed by atoms with Crippen LogP contribution in [0.5, 0.6) is 0 Å². The van der Waals surface area contributed by atoms with Crippen LogP contribution in [0.2, 0.25) is 0 Å². The minimum absolute atomic E-state index is 0.0209. The molecule has 0 aliphatic heterocycles. The fraction of sp³-hybridized carbons (Fsp3) is 0.467. The van der Waals surface area contributed by atoms with Crippen molar-refractivity contribution in [3.05, 3.63) is 38.3 Å². The van der Waals surface area contributed by atoms with Crippen molar-refractivity contribution in [3.8, 4) is 0 Å². The van der Waals surface area contributed by atoms with Gasteiger partial charge in [0, 0.05) is 16.6 Å². The molecule has 8 heteroatoms. The summed E-state index contributed by atoms with van der Waals surface area (Å²) in [5.41, 5.74) is -0.215. The Hall–Kier alpha value is -1.96. The van der Waals surface area contributed by atoms with Gasteiger partial charge in [0.15, 0.2) is 0 Å². The van der Waals surface area contributed by atoms with Crippen molar-refractivity contribution in [1.29, 1.82) is 0 Å². The molecule has 0 atom stereocenters. The Bertz CT molecular complexity index is 626. The van der Waals surface area contributed by atoms with Crippen LogP contribution in [0.4, 0.5) is 5.69 Å². The minimum Gasteiger partial charge on any atom is -0.469 e. The summed E-state index contributed by atoms with van der Waals surface area (Å²) in [4.78, 5) is 34.4. The van der Waals surface area contributed by atoms with Crippen LogP contribution in [-0.4, -0.2) is 30.0 Å². The number of amides is 1. The molecule has 1 N–H and O–H groups in total. The Kier molecular flexibility index (Phi) is 5.70. The number of benzene rings is 1. The van der Waals surface area contributed by atoms with Crippen LogP contribution in [-0.2, 0) is 9.53 Å². The number of carbonyl (C=O) groups is 2. The topological polar surface area (TPSA) is 98.5 Å². The molecule has 0 bridgehead atoms. The molecule has 1 aliphatic rings. The van der Waals surface area contributed by atoms with Gasteiger partial charge in [0.25, 0.3) is 11.6 Å². The second kappa shape index (κ2) is 7.54. The molecule has 1 aliphatic carbocycles. The molecular formula is C15H17BrN2O5. The van der Waals surface area contributed by atoms with Crippen LogP contribution in [0.15, 0.2) is 22.7 Å². The molecule has 1 saturated carbocycles. The Balaban J connectivity index is 2.04. The third-order valence-electron chi connectivity index (χ3n) is 4.01. The lowest BCUT2D eigenvalue weighted by Gasteiger charge is -2.27. The lowest BCUT2D eigenvalue weighted by molar-refractivity contribution is -0.385. The quantitative estimate of drug-likeness (QED) is 0.488. The maximum Gasteiger partial charge on any atom is 0.308 e. The zero-order chi connectivity index (χ0) is 17.0. The zero-order valence-electron chi connectivity index (χ0n) is 12.6. The van der Waals surface area contributed by atoms with Crippen molar-refractivity contribution in [1.82, 2.24) is 5.32 Å². The maximum absolute atomic E-state index is 12.4. The molecule has 1 fully saturated rings. The molecule has 23 heavy (non-hydrogen) atoms. The number of nitro benzene ring substituents is 1. The van der Waals surface area contributed by atoms with Gasteiger partial charge in [-0.2, -0.15) is 0 Å². The van der Waals surface area contributed by atoms with Gasteiger partial charge in [0.05, 0.1) is 18.0 Å². The highest BCUT2D eigenvalue weighted by molar-refractivity contribution is 9.10. The monoisotopic (exact) mass is 384 g/mol. The van der Waals surface area contributed by atoms with Crippen molar-refractivity contribution in [2.45, 2.75) is 31.7 Å². The maximum atomic E-state index is 12.4. The first-order valence-electron chi connectivity index (χ1n) is 7.25. The zero-order valence-corrected chi connectivity index (χ0v) is 14.2. The summed E-state index contributed by atoms with van der Waals surface area (Å²) in [7, 11) is 1.36. The molecule has 1 aromatic carbocycles. The van der Waals surface area contributed by atoms with Gasteiger partial charge in [-0.1, -0.05) is 6.07 Å². The van der Waals surface area contributed by atoms with Gasteiger partial charge in [0.1, 0.15) is 5.56 Å². The first kappa shape index (κ1) is 17.4. The molecule has 0 heterocycles. The number of esters is 1. The SMILES string of the molecule is COC(=O)C1CCC(NC(=O)c2c(Br)cccc2[N+](=O)[O-])CC1. The van der Waals surface area contributed by atoms with Crippen LogP contribution in [0.25, 0.3) is 0 Å². The predicted octanol–water partition coefficient (Wildman–Crippen LogP) is 2.82. The summed E-state index contributed by atoms with van der Waals surface area (Å²) >= 11 is 3.19. The van der Waals surface area contributed by atoms with Gasteiger partial charge in [0.2, 0.25) is 0 Å². The highest BCUT2D eigenvalue weighted by Crippen LogP contribution is 2.29. The van der Waals surface area contributed by atoms with E-state index in [1.807, 2.05) is 0 Å². The van der Waals surface area contributed by atoms with E-state index in [2.05, 4.69) is 21.2 Å². The number of nitro groups is 1. The molecular weight excluding hydrogens is 368 g/mol. The van der Waals surface area contributed by atoms with Gasteiger partial charge >= 0.3 is 5.97 Å². The van der Waals surface area contributed by atoms with Gasteiger partial charge in [-0.05, 0) is 47.7 Å². The summed E-state index contributed by atoms with van der Waals surface area (Å²) in [6.07, 6.45) is 2.55. The summed E-state index contributed by atoms with van der Waals surface area (Å²) in [6, 6.07) is 4.31. The highest BCUT2D eigenvalue weighted by Gasteiger charge is 2.30.